The van der Waals surface area contributed by atoms with Gasteiger partial charge in [-0.05, 0) is 37.1 Å². The Morgan fingerprint density at radius 1 is 1.38 bits per heavy atom. The minimum atomic E-state index is -0.282. The van der Waals surface area contributed by atoms with Crippen LogP contribution in [-0.2, 0) is 9.53 Å². The van der Waals surface area contributed by atoms with Gasteiger partial charge in [0.05, 0.1) is 23.1 Å². The van der Waals surface area contributed by atoms with Crippen LogP contribution in [0.1, 0.15) is 56.1 Å². The zero-order chi connectivity index (χ0) is 17.7. The van der Waals surface area contributed by atoms with Gasteiger partial charge in [-0.3, -0.25) is 9.59 Å². The Balaban J connectivity index is 2.16. The standard InChI is InChI=1S/C18H28N2O3S/c1-4-13(5-2)23-15-10-12(18(22)16-7-6-8-24-16)9-14(19)17(15)20-11(3)21/h6-8,12-15,17H,4-5,9-10,19H2,1-3H3,(H,20,21)/t12-,14+,15+,17-/m1/s1. The van der Waals surface area contributed by atoms with Crippen molar-refractivity contribution in [1.29, 1.82) is 0 Å². The SMILES string of the molecule is CCC(CC)O[C@H]1C[C@H](C(=O)c2cccs2)C[C@H](N)[C@H]1NC(C)=O. The Bertz CT molecular complexity index is 542. The Labute approximate surface area is 148 Å². The number of nitrogens with one attached hydrogen (secondary N) is 1. The highest BCUT2D eigenvalue weighted by Gasteiger charge is 2.41. The van der Waals surface area contributed by atoms with E-state index in [1.54, 1.807) is 0 Å². The second-order valence-electron chi connectivity index (χ2n) is 6.51. The van der Waals surface area contributed by atoms with E-state index in [0.29, 0.717) is 12.8 Å². The van der Waals surface area contributed by atoms with Crippen molar-refractivity contribution < 1.29 is 14.3 Å². The summed E-state index contributed by atoms with van der Waals surface area (Å²) in [4.78, 5) is 25.0. The van der Waals surface area contributed by atoms with Gasteiger partial charge in [0.2, 0.25) is 5.91 Å². The summed E-state index contributed by atoms with van der Waals surface area (Å²) in [5, 5.41) is 4.84. The maximum Gasteiger partial charge on any atom is 0.217 e. The first kappa shape index (κ1) is 19.1. The van der Waals surface area contributed by atoms with Crippen LogP contribution in [0.5, 0.6) is 0 Å². The van der Waals surface area contributed by atoms with Crippen LogP contribution in [0, 0.1) is 5.92 Å². The average molecular weight is 353 g/mol. The lowest BCUT2D eigenvalue weighted by atomic mass is 9.78. The zero-order valence-electron chi connectivity index (χ0n) is 14.7. The normalized spacial score (nSPS) is 27.2. The summed E-state index contributed by atoms with van der Waals surface area (Å²) in [7, 11) is 0. The van der Waals surface area contributed by atoms with E-state index in [4.69, 9.17) is 10.5 Å². The fraction of sp³-hybridized carbons (Fsp3) is 0.667. The van der Waals surface area contributed by atoms with E-state index >= 15 is 0 Å². The second kappa shape index (κ2) is 8.74. The third-order valence-electron chi connectivity index (χ3n) is 4.72. The van der Waals surface area contributed by atoms with E-state index in [1.165, 1.54) is 18.3 Å². The van der Waals surface area contributed by atoms with Crippen molar-refractivity contribution in [1.82, 2.24) is 5.32 Å². The fourth-order valence-electron chi connectivity index (χ4n) is 3.41. The summed E-state index contributed by atoms with van der Waals surface area (Å²) in [6.45, 7) is 5.65. The maximum absolute atomic E-state index is 12.7. The Morgan fingerprint density at radius 2 is 2.08 bits per heavy atom. The van der Waals surface area contributed by atoms with Gasteiger partial charge in [-0.25, -0.2) is 0 Å². The Morgan fingerprint density at radius 3 is 2.62 bits per heavy atom. The first-order valence-corrected chi connectivity index (χ1v) is 9.60. The molecule has 1 aliphatic rings. The molecule has 1 aromatic heterocycles. The van der Waals surface area contributed by atoms with Gasteiger partial charge < -0.3 is 15.8 Å². The molecule has 0 unspecified atom stereocenters. The molecular weight excluding hydrogens is 324 g/mol. The number of carbonyl (C=O) groups excluding carboxylic acids is 2. The zero-order valence-corrected chi connectivity index (χ0v) is 15.5. The van der Waals surface area contributed by atoms with Gasteiger partial charge >= 0.3 is 0 Å². The number of amides is 1. The number of hydrogen-bond acceptors (Lipinski definition) is 5. The number of carbonyl (C=O) groups is 2. The van der Waals surface area contributed by atoms with Gasteiger partial charge in [0.25, 0.3) is 0 Å². The van der Waals surface area contributed by atoms with Crippen LogP contribution in [0.4, 0.5) is 0 Å². The van der Waals surface area contributed by atoms with Gasteiger partial charge in [-0.2, -0.15) is 0 Å². The molecule has 1 heterocycles. The maximum atomic E-state index is 12.7. The molecule has 134 valence electrons. The summed E-state index contributed by atoms with van der Waals surface area (Å²) >= 11 is 1.46. The van der Waals surface area contributed by atoms with E-state index < -0.39 is 0 Å². The van der Waals surface area contributed by atoms with E-state index in [2.05, 4.69) is 19.2 Å². The molecular formula is C18H28N2O3S. The predicted octanol–water partition coefficient (Wildman–Crippen LogP) is 2.75. The number of nitrogens with two attached hydrogens (primary N) is 1. The molecule has 0 radical (unpaired) electrons. The lowest BCUT2D eigenvalue weighted by Gasteiger charge is -2.41. The summed E-state index contributed by atoms with van der Waals surface area (Å²) in [5.74, 6) is -0.125. The molecule has 0 bridgehead atoms. The van der Waals surface area contributed by atoms with Crippen LogP contribution in [0.15, 0.2) is 17.5 Å². The minimum Gasteiger partial charge on any atom is -0.373 e. The number of hydrogen-bond donors (Lipinski definition) is 2. The van der Waals surface area contributed by atoms with Crippen molar-refractivity contribution >= 4 is 23.0 Å². The van der Waals surface area contributed by atoms with Crippen LogP contribution in [0.25, 0.3) is 0 Å². The lowest BCUT2D eigenvalue weighted by Crippen LogP contribution is -2.59. The molecule has 0 saturated heterocycles. The Hall–Kier alpha value is -1.24. The first-order chi connectivity index (χ1) is 11.5. The van der Waals surface area contributed by atoms with Gasteiger partial charge in [0, 0.05) is 18.9 Å². The Kier molecular flexibility index (Phi) is 6.95. The monoisotopic (exact) mass is 352 g/mol. The summed E-state index contributed by atoms with van der Waals surface area (Å²) in [6.07, 6.45) is 2.87. The third kappa shape index (κ3) is 4.65. The van der Waals surface area contributed by atoms with Crippen LogP contribution in [0.2, 0.25) is 0 Å². The molecule has 1 aromatic rings. The molecule has 4 atom stereocenters. The predicted molar refractivity (Wildman–Crippen MR) is 96.2 cm³/mol. The summed E-state index contributed by atoms with van der Waals surface area (Å²) in [6, 6.07) is 3.22. The summed E-state index contributed by atoms with van der Waals surface area (Å²) in [5.41, 5.74) is 6.31. The quantitative estimate of drug-likeness (QED) is 0.739. The summed E-state index contributed by atoms with van der Waals surface area (Å²) < 4.78 is 6.23. The molecule has 1 fully saturated rings. The highest BCUT2D eigenvalue weighted by atomic mass is 32.1. The van der Waals surface area contributed by atoms with Crippen molar-refractivity contribution in [2.75, 3.05) is 0 Å². The fourth-order valence-corrected chi connectivity index (χ4v) is 4.16. The van der Waals surface area contributed by atoms with Crippen LogP contribution < -0.4 is 11.1 Å². The molecule has 6 heteroatoms. The van der Waals surface area contributed by atoms with E-state index in [1.807, 2.05) is 17.5 Å². The largest absolute Gasteiger partial charge is 0.373 e. The molecule has 24 heavy (non-hydrogen) atoms. The lowest BCUT2D eigenvalue weighted by molar-refractivity contribution is -0.123. The highest BCUT2D eigenvalue weighted by Crippen LogP contribution is 2.31. The van der Waals surface area contributed by atoms with Crippen molar-refractivity contribution in [3.05, 3.63) is 22.4 Å². The number of ketones is 1. The molecule has 1 amide bonds. The molecule has 2 rings (SSSR count). The van der Waals surface area contributed by atoms with E-state index in [-0.39, 0.29) is 41.9 Å². The van der Waals surface area contributed by atoms with Gasteiger partial charge in [-0.1, -0.05) is 19.9 Å². The van der Waals surface area contributed by atoms with Crippen molar-refractivity contribution in [3.8, 4) is 0 Å². The smallest absolute Gasteiger partial charge is 0.217 e. The molecule has 0 spiro atoms. The van der Waals surface area contributed by atoms with Crippen molar-refractivity contribution in [2.45, 2.75) is 70.7 Å². The second-order valence-corrected chi connectivity index (χ2v) is 7.46. The van der Waals surface area contributed by atoms with Gasteiger partial charge in [-0.15, -0.1) is 11.3 Å². The van der Waals surface area contributed by atoms with Gasteiger partial charge in [0.1, 0.15) is 0 Å². The van der Waals surface area contributed by atoms with Gasteiger partial charge in [0.15, 0.2) is 5.78 Å². The minimum absolute atomic E-state index is 0.114. The van der Waals surface area contributed by atoms with Crippen LogP contribution in [-0.4, -0.2) is 36.0 Å². The van der Waals surface area contributed by atoms with E-state index in [9.17, 15) is 9.59 Å². The van der Waals surface area contributed by atoms with Crippen molar-refractivity contribution in [3.63, 3.8) is 0 Å². The number of Topliss-reactive ketones (excluding diaryl/α,β-unsaturated/α-hetero) is 1. The molecule has 1 aliphatic carbocycles. The number of thiophene rings is 1. The van der Waals surface area contributed by atoms with Crippen LogP contribution >= 0.6 is 11.3 Å². The molecule has 1 saturated carbocycles. The third-order valence-corrected chi connectivity index (χ3v) is 5.60. The average Bonchev–Trinajstić information content (AvgIpc) is 3.08. The van der Waals surface area contributed by atoms with E-state index in [0.717, 1.165) is 17.7 Å². The molecule has 5 nitrogen and oxygen atoms in total. The molecule has 0 aromatic carbocycles. The molecule has 3 N–H and O–H groups in total. The highest BCUT2D eigenvalue weighted by molar-refractivity contribution is 7.12. The first-order valence-electron chi connectivity index (χ1n) is 8.72. The van der Waals surface area contributed by atoms with Crippen LogP contribution in [0.3, 0.4) is 0 Å². The topological polar surface area (TPSA) is 81.4 Å². The number of rotatable bonds is 7. The number of ether oxygens (including phenoxy) is 1. The van der Waals surface area contributed by atoms with Crippen molar-refractivity contribution in [2.24, 2.45) is 11.7 Å². The molecule has 0 aliphatic heterocycles.